The number of nitrogens with two attached hydrogens (primary N) is 1. The van der Waals surface area contributed by atoms with Gasteiger partial charge >= 0.3 is 5.88 Å². The number of carbonyl (C=O) groups excluding carboxylic acids is 1. The van der Waals surface area contributed by atoms with E-state index in [1.807, 2.05) is 6.92 Å². The highest BCUT2D eigenvalue weighted by Gasteiger charge is 2.42. The molecule has 0 aliphatic heterocycles. The van der Waals surface area contributed by atoms with Crippen LogP contribution in [0.15, 0.2) is 16.5 Å². The van der Waals surface area contributed by atoms with Crippen LogP contribution in [0.3, 0.4) is 0 Å². The van der Waals surface area contributed by atoms with Crippen molar-refractivity contribution in [1.82, 2.24) is 5.32 Å². The highest BCUT2D eigenvalue weighted by Crippen LogP contribution is 2.39. The van der Waals surface area contributed by atoms with E-state index in [1.165, 1.54) is 6.07 Å². The summed E-state index contributed by atoms with van der Waals surface area (Å²) in [6.45, 7) is 2.20. The molecule has 3 N–H and O–H groups in total. The molecule has 1 heterocycles. The number of rotatable bonds is 5. The van der Waals surface area contributed by atoms with E-state index in [0.717, 1.165) is 18.9 Å². The van der Waals surface area contributed by atoms with Crippen LogP contribution in [0.25, 0.3) is 0 Å². The van der Waals surface area contributed by atoms with E-state index < -0.39 is 22.3 Å². The average Bonchev–Trinajstić information content (AvgIpc) is 3.06. The van der Waals surface area contributed by atoms with Crippen molar-refractivity contribution in [3.63, 3.8) is 0 Å². The predicted octanol–water partition coefficient (Wildman–Crippen LogP) is 1.05. The summed E-state index contributed by atoms with van der Waals surface area (Å²) < 4.78 is 4.85. The summed E-state index contributed by atoms with van der Waals surface area (Å²) in [4.78, 5) is 21.7. The lowest BCUT2D eigenvalue weighted by molar-refractivity contribution is -0.402. The van der Waals surface area contributed by atoms with Gasteiger partial charge in [0.15, 0.2) is 5.76 Å². The lowest BCUT2D eigenvalue weighted by Gasteiger charge is -2.28. The van der Waals surface area contributed by atoms with Crippen molar-refractivity contribution in [2.24, 2.45) is 11.7 Å². The second kappa shape index (κ2) is 4.41. The van der Waals surface area contributed by atoms with Crippen LogP contribution in [0.5, 0.6) is 0 Å². The molecule has 0 saturated heterocycles. The highest BCUT2D eigenvalue weighted by atomic mass is 16.6. The Bertz CT molecular complexity index is 480. The standard InChI is InChI=1S/C11H15N3O4/c1-11(6-12,7-2-3-7)13-10(15)8-4-5-9(18-8)14(16)17/h4-5,7H,2-3,6,12H2,1H3,(H,13,15). The Hall–Kier alpha value is -1.89. The minimum absolute atomic E-state index is 0.0676. The number of nitrogens with one attached hydrogen (secondary N) is 1. The number of carbonyl (C=O) groups is 1. The minimum atomic E-state index is -0.681. The maximum absolute atomic E-state index is 11.9. The first-order valence-corrected chi connectivity index (χ1v) is 5.73. The predicted molar refractivity (Wildman–Crippen MR) is 63.0 cm³/mol. The van der Waals surface area contributed by atoms with Gasteiger partial charge in [-0.1, -0.05) is 0 Å². The number of furan rings is 1. The third kappa shape index (κ3) is 2.35. The van der Waals surface area contributed by atoms with E-state index in [4.69, 9.17) is 10.2 Å². The van der Waals surface area contributed by atoms with Crippen molar-refractivity contribution in [3.05, 3.63) is 28.0 Å². The first-order chi connectivity index (χ1) is 8.46. The summed E-state index contributed by atoms with van der Waals surface area (Å²) >= 11 is 0. The van der Waals surface area contributed by atoms with Crippen molar-refractivity contribution in [3.8, 4) is 0 Å². The summed E-state index contributed by atoms with van der Waals surface area (Å²) in [6.07, 6.45) is 2.07. The van der Waals surface area contributed by atoms with Crippen molar-refractivity contribution >= 4 is 11.8 Å². The van der Waals surface area contributed by atoms with Crippen LogP contribution >= 0.6 is 0 Å². The smallest absolute Gasteiger partial charge is 0.395 e. The molecular formula is C11H15N3O4. The van der Waals surface area contributed by atoms with Gasteiger partial charge in [0.05, 0.1) is 11.6 Å². The Morgan fingerprint density at radius 2 is 2.33 bits per heavy atom. The van der Waals surface area contributed by atoms with Gasteiger partial charge in [0.25, 0.3) is 5.91 Å². The second-order valence-electron chi connectivity index (χ2n) is 4.74. The molecule has 0 spiro atoms. The van der Waals surface area contributed by atoms with Gasteiger partial charge in [-0.25, -0.2) is 0 Å². The summed E-state index contributed by atoms with van der Waals surface area (Å²) in [5.41, 5.74) is 5.20. The summed E-state index contributed by atoms with van der Waals surface area (Å²) in [5, 5.41) is 13.2. The van der Waals surface area contributed by atoms with Crippen LogP contribution in [0.4, 0.5) is 5.88 Å². The number of hydrogen-bond acceptors (Lipinski definition) is 5. The number of amides is 1. The fourth-order valence-electron chi connectivity index (χ4n) is 1.91. The molecule has 1 fully saturated rings. The molecule has 1 atom stereocenters. The molecule has 7 heteroatoms. The van der Waals surface area contributed by atoms with Crippen LogP contribution in [0.2, 0.25) is 0 Å². The molecule has 1 aliphatic rings. The van der Waals surface area contributed by atoms with Gasteiger partial charge in [-0.15, -0.1) is 0 Å². The van der Waals surface area contributed by atoms with Gasteiger partial charge in [0.1, 0.15) is 4.92 Å². The van der Waals surface area contributed by atoms with Crippen LogP contribution in [0.1, 0.15) is 30.3 Å². The van der Waals surface area contributed by atoms with Crippen LogP contribution < -0.4 is 11.1 Å². The van der Waals surface area contributed by atoms with E-state index in [2.05, 4.69) is 5.32 Å². The largest absolute Gasteiger partial charge is 0.433 e. The number of nitrogens with zero attached hydrogens (tertiary/aromatic N) is 1. The first-order valence-electron chi connectivity index (χ1n) is 5.73. The Kier molecular flexibility index (Phi) is 3.08. The monoisotopic (exact) mass is 253 g/mol. The topological polar surface area (TPSA) is 111 Å². The van der Waals surface area contributed by atoms with Gasteiger partial charge in [-0.05, 0) is 31.7 Å². The molecule has 0 radical (unpaired) electrons. The Morgan fingerprint density at radius 3 is 2.78 bits per heavy atom. The Balaban J connectivity index is 2.08. The molecule has 1 aromatic heterocycles. The fraction of sp³-hybridized carbons (Fsp3) is 0.545. The summed E-state index contributed by atoms with van der Waals surface area (Å²) in [6, 6.07) is 2.45. The lowest BCUT2D eigenvalue weighted by Crippen LogP contribution is -2.53. The number of hydrogen-bond donors (Lipinski definition) is 2. The van der Waals surface area contributed by atoms with Gasteiger partial charge < -0.3 is 15.5 Å². The molecule has 1 aliphatic carbocycles. The number of nitro groups is 1. The third-order valence-corrected chi connectivity index (χ3v) is 3.30. The van der Waals surface area contributed by atoms with Crippen LogP contribution in [-0.2, 0) is 0 Å². The zero-order valence-electron chi connectivity index (χ0n) is 10.0. The van der Waals surface area contributed by atoms with Crippen molar-refractivity contribution in [1.29, 1.82) is 0 Å². The van der Waals surface area contributed by atoms with Crippen LogP contribution in [-0.4, -0.2) is 22.9 Å². The van der Waals surface area contributed by atoms with Crippen molar-refractivity contribution < 1.29 is 14.1 Å². The molecule has 1 unspecified atom stereocenters. The maximum atomic E-state index is 11.9. The zero-order chi connectivity index (χ0) is 13.3. The van der Waals surface area contributed by atoms with Gasteiger partial charge in [-0.3, -0.25) is 14.9 Å². The van der Waals surface area contributed by atoms with E-state index in [1.54, 1.807) is 0 Å². The van der Waals surface area contributed by atoms with Gasteiger partial charge in [0.2, 0.25) is 0 Å². The summed E-state index contributed by atoms with van der Waals surface area (Å²) in [7, 11) is 0. The SMILES string of the molecule is CC(CN)(NC(=O)c1ccc([N+](=O)[O-])o1)C1CC1. The molecular weight excluding hydrogens is 238 g/mol. The van der Waals surface area contributed by atoms with Crippen LogP contribution in [0, 0.1) is 16.0 Å². The second-order valence-corrected chi connectivity index (χ2v) is 4.74. The lowest BCUT2D eigenvalue weighted by atomic mass is 9.96. The minimum Gasteiger partial charge on any atom is -0.395 e. The highest BCUT2D eigenvalue weighted by molar-refractivity contribution is 5.92. The molecule has 0 bridgehead atoms. The molecule has 1 saturated carbocycles. The quantitative estimate of drug-likeness (QED) is 0.601. The molecule has 7 nitrogen and oxygen atoms in total. The molecule has 1 aromatic rings. The molecule has 18 heavy (non-hydrogen) atoms. The van der Waals surface area contributed by atoms with Crippen molar-refractivity contribution in [2.45, 2.75) is 25.3 Å². The van der Waals surface area contributed by atoms with E-state index in [0.29, 0.717) is 12.5 Å². The third-order valence-electron chi connectivity index (χ3n) is 3.30. The Labute approximate surface area is 103 Å². The normalized spacial score (nSPS) is 18.1. The molecule has 1 amide bonds. The summed E-state index contributed by atoms with van der Waals surface area (Å²) in [5.74, 6) is -0.609. The molecule has 2 rings (SSSR count). The average molecular weight is 253 g/mol. The Morgan fingerprint density at radius 1 is 1.67 bits per heavy atom. The molecule has 0 aromatic carbocycles. The fourth-order valence-corrected chi connectivity index (χ4v) is 1.91. The van der Waals surface area contributed by atoms with Crippen molar-refractivity contribution in [2.75, 3.05) is 6.54 Å². The first kappa shape index (κ1) is 12.6. The van der Waals surface area contributed by atoms with Gasteiger partial charge in [0, 0.05) is 6.54 Å². The van der Waals surface area contributed by atoms with E-state index in [-0.39, 0.29) is 5.76 Å². The van der Waals surface area contributed by atoms with E-state index in [9.17, 15) is 14.9 Å². The maximum Gasteiger partial charge on any atom is 0.433 e. The van der Waals surface area contributed by atoms with Gasteiger partial charge in [-0.2, -0.15) is 0 Å². The molecule has 98 valence electrons. The zero-order valence-corrected chi connectivity index (χ0v) is 10.0. The van der Waals surface area contributed by atoms with E-state index >= 15 is 0 Å².